The standard InChI is InChI=1S/C28H29N3OS/c1-19-12-20(2)16-31(15-19)17-23-13-22(8-10-25(23)21-6-4-3-5-7-21)28(32)30-24-9-11-27-26(14-24)29-18-33-27/h3-11,13-14,18-20H,12,15-17H2,1-2H3,(H,30,32). The van der Waals surface area contributed by atoms with Crippen LogP contribution in [0.5, 0.6) is 0 Å². The third kappa shape index (κ3) is 5.00. The zero-order valence-corrected chi connectivity index (χ0v) is 19.9. The maximum atomic E-state index is 13.1. The number of benzene rings is 3. The van der Waals surface area contributed by atoms with Crippen LogP contribution in [-0.2, 0) is 6.54 Å². The summed E-state index contributed by atoms with van der Waals surface area (Å²) in [6.07, 6.45) is 1.29. The molecule has 1 fully saturated rings. The molecule has 4 aromatic rings. The number of hydrogen-bond donors (Lipinski definition) is 1. The number of aromatic nitrogens is 1. The SMILES string of the molecule is CC1CC(C)CN(Cc2cc(C(=O)Nc3ccc4scnc4c3)ccc2-c2ccccc2)C1. The van der Waals surface area contributed by atoms with Gasteiger partial charge >= 0.3 is 0 Å². The number of amides is 1. The minimum absolute atomic E-state index is 0.0918. The Labute approximate surface area is 199 Å². The molecule has 2 atom stereocenters. The molecule has 1 aliphatic heterocycles. The van der Waals surface area contributed by atoms with Gasteiger partial charge in [-0.1, -0.05) is 50.2 Å². The van der Waals surface area contributed by atoms with Crippen molar-refractivity contribution in [3.8, 4) is 11.1 Å². The topological polar surface area (TPSA) is 45.2 Å². The van der Waals surface area contributed by atoms with Crippen molar-refractivity contribution >= 4 is 33.1 Å². The second-order valence-electron chi connectivity index (χ2n) is 9.37. The highest BCUT2D eigenvalue weighted by Gasteiger charge is 2.23. The molecule has 1 saturated heterocycles. The second kappa shape index (κ2) is 9.46. The number of carbonyl (C=O) groups is 1. The van der Waals surface area contributed by atoms with Crippen molar-refractivity contribution in [2.45, 2.75) is 26.8 Å². The summed E-state index contributed by atoms with van der Waals surface area (Å²) in [4.78, 5) is 20.0. The average molecular weight is 456 g/mol. The van der Waals surface area contributed by atoms with Crippen LogP contribution in [0.15, 0.2) is 72.2 Å². The van der Waals surface area contributed by atoms with Gasteiger partial charge in [-0.15, -0.1) is 11.3 Å². The summed E-state index contributed by atoms with van der Waals surface area (Å²) in [7, 11) is 0. The van der Waals surface area contributed by atoms with Gasteiger partial charge < -0.3 is 5.32 Å². The van der Waals surface area contributed by atoms with Crippen molar-refractivity contribution in [1.82, 2.24) is 9.88 Å². The first-order valence-electron chi connectivity index (χ1n) is 11.6. The van der Waals surface area contributed by atoms with Crippen LogP contribution in [0.25, 0.3) is 21.3 Å². The van der Waals surface area contributed by atoms with Crippen molar-refractivity contribution in [2.24, 2.45) is 11.8 Å². The van der Waals surface area contributed by atoms with E-state index in [4.69, 9.17) is 0 Å². The molecule has 1 aliphatic rings. The molecule has 1 aromatic heterocycles. The molecule has 5 heteroatoms. The summed E-state index contributed by atoms with van der Waals surface area (Å²) in [6, 6.07) is 22.4. The van der Waals surface area contributed by atoms with Gasteiger partial charge in [0.05, 0.1) is 15.7 Å². The number of nitrogens with one attached hydrogen (secondary N) is 1. The molecule has 5 rings (SSSR count). The average Bonchev–Trinajstić information content (AvgIpc) is 3.27. The Morgan fingerprint density at radius 1 is 1.03 bits per heavy atom. The Kier molecular flexibility index (Phi) is 6.25. The van der Waals surface area contributed by atoms with E-state index in [0.717, 1.165) is 35.5 Å². The van der Waals surface area contributed by atoms with E-state index < -0.39 is 0 Å². The fourth-order valence-electron chi connectivity index (χ4n) is 5.07. The fourth-order valence-corrected chi connectivity index (χ4v) is 5.72. The summed E-state index contributed by atoms with van der Waals surface area (Å²) in [5.41, 5.74) is 7.77. The van der Waals surface area contributed by atoms with Gasteiger partial charge in [-0.2, -0.15) is 0 Å². The molecule has 1 N–H and O–H groups in total. The highest BCUT2D eigenvalue weighted by atomic mass is 32.1. The molecule has 2 unspecified atom stereocenters. The van der Waals surface area contributed by atoms with Crippen LogP contribution in [0, 0.1) is 11.8 Å². The van der Waals surface area contributed by atoms with E-state index in [2.05, 4.69) is 65.4 Å². The second-order valence-corrected chi connectivity index (χ2v) is 10.3. The lowest BCUT2D eigenvalue weighted by Crippen LogP contribution is -2.38. The Morgan fingerprint density at radius 3 is 2.61 bits per heavy atom. The van der Waals surface area contributed by atoms with E-state index in [1.165, 1.54) is 23.1 Å². The molecular weight excluding hydrogens is 426 g/mol. The summed E-state index contributed by atoms with van der Waals surface area (Å²) >= 11 is 1.60. The Balaban J connectivity index is 1.44. The molecule has 4 nitrogen and oxygen atoms in total. The van der Waals surface area contributed by atoms with E-state index in [0.29, 0.717) is 17.4 Å². The smallest absolute Gasteiger partial charge is 0.255 e. The normalized spacial score (nSPS) is 19.0. The number of thiazole rings is 1. The Hall–Kier alpha value is -3.02. The highest BCUT2D eigenvalue weighted by molar-refractivity contribution is 7.16. The Bertz CT molecular complexity index is 1260. The summed E-state index contributed by atoms with van der Waals surface area (Å²) in [6.45, 7) is 7.73. The van der Waals surface area contributed by atoms with E-state index in [9.17, 15) is 4.79 Å². The van der Waals surface area contributed by atoms with Crippen molar-refractivity contribution in [3.63, 3.8) is 0 Å². The molecular formula is C28H29N3OS. The summed E-state index contributed by atoms with van der Waals surface area (Å²) in [5.74, 6) is 1.30. The van der Waals surface area contributed by atoms with Crippen LogP contribution >= 0.6 is 11.3 Å². The lowest BCUT2D eigenvalue weighted by Gasteiger charge is -2.35. The van der Waals surface area contributed by atoms with Crippen LogP contribution in [0.3, 0.4) is 0 Å². The number of likely N-dealkylation sites (tertiary alicyclic amines) is 1. The predicted molar refractivity (Wildman–Crippen MR) is 138 cm³/mol. The van der Waals surface area contributed by atoms with Gasteiger partial charge in [0.15, 0.2) is 0 Å². The molecule has 2 heterocycles. The zero-order chi connectivity index (χ0) is 22.8. The van der Waals surface area contributed by atoms with Gasteiger partial charge in [-0.3, -0.25) is 9.69 Å². The molecule has 0 bridgehead atoms. The van der Waals surface area contributed by atoms with Crippen LogP contribution in [0.4, 0.5) is 5.69 Å². The van der Waals surface area contributed by atoms with Gasteiger partial charge in [0.1, 0.15) is 0 Å². The molecule has 3 aromatic carbocycles. The van der Waals surface area contributed by atoms with Crippen LogP contribution in [0.2, 0.25) is 0 Å². The van der Waals surface area contributed by atoms with Crippen molar-refractivity contribution in [1.29, 1.82) is 0 Å². The maximum absolute atomic E-state index is 13.1. The van der Waals surface area contributed by atoms with Crippen LogP contribution in [0.1, 0.15) is 36.2 Å². The molecule has 0 spiro atoms. The molecule has 33 heavy (non-hydrogen) atoms. The maximum Gasteiger partial charge on any atom is 0.255 e. The number of fused-ring (bicyclic) bond motifs is 1. The van der Waals surface area contributed by atoms with Gasteiger partial charge in [-0.25, -0.2) is 4.98 Å². The lowest BCUT2D eigenvalue weighted by molar-refractivity contribution is 0.102. The van der Waals surface area contributed by atoms with Crippen molar-refractivity contribution < 1.29 is 4.79 Å². The van der Waals surface area contributed by atoms with E-state index in [-0.39, 0.29) is 5.91 Å². The van der Waals surface area contributed by atoms with Crippen molar-refractivity contribution in [2.75, 3.05) is 18.4 Å². The van der Waals surface area contributed by atoms with E-state index >= 15 is 0 Å². The van der Waals surface area contributed by atoms with Gasteiger partial charge in [-0.05, 0) is 65.3 Å². The first kappa shape index (κ1) is 21.8. The third-order valence-electron chi connectivity index (χ3n) is 6.38. The van der Waals surface area contributed by atoms with Crippen LogP contribution < -0.4 is 5.32 Å². The highest BCUT2D eigenvalue weighted by Crippen LogP contribution is 2.29. The number of hydrogen-bond acceptors (Lipinski definition) is 4. The minimum atomic E-state index is -0.0918. The number of rotatable bonds is 5. The largest absolute Gasteiger partial charge is 0.322 e. The summed E-state index contributed by atoms with van der Waals surface area (Å²) in [5, 5.41) is 3.06. The number of carbonyl (C=O) groups excluding carboxylic acids is 1. The van der Waals surface area contributed by atoms with Gasteiger partial charge in [0, 0.05) is 30.9 Å². The summed E-state index contributed by atoms with van der Waals surface area (Å²) < 4.78 is 1.12. The lowest BCUT2D eigenvalue weighted by atomic mass is 9.90. The molecule has 0 saturated carbocycles. The minimum Gasteiger partial charge on any atom is -0.322 e. The monoisotopic (exact) mass is 455 g/mol. The fraction of sp³-hybridized carbons (Fsp3) is 0.286. The van der Waals surface area contributed by atoms with Crippen LogP contribution in [-0.4, -0.2) is 28.9 Å². The molecule has 1 amide bonds. The van der Waals surface area contributed by atoms with Gasteiger partial charge in [0.2, 0.25) is 0 Å². The number of piperidine rings is 1. The molecule has 0 radical (unpaired) electrons. The Morgan fingerprint density at radius 2 is 1.82 bits per heavy atom. The number of nitrogens with zero attached hydrogens (tertiary/aromatic N) is 2. The first-order valence-corrected chi connectivity index (χ1v) is 12.5. The zero-order valence-electron chi connectivity index (χ0n) is 19.1. The predicted octanol–water partition coefficient (Wildman–Crippen LogP) is 6.69. The first-order chi connectivity index (χ1) is 16.0. The molecule has 168 valence electrons. The van der Waals surface area contributed by atoms with E-state index in [1.807, 2.05) is 35.8 Å². The quantitative estimate of drug-likeness (QED) is 0.364. The third-order valence-corrected chi connectivity index (χ3v) is 7.19. The van der Waals surface area contributed by atoms with Crippen molar-refractivity contribution in [3.05, 3.63) is 83.4 Å². The van der Waals surface area contributed by atoms with E-state index in [1.54, 1.807) is 11.3 Å². The number of anilines is 1. The molecule has 0 aliphatic carbocycles. The van der Waals surface area contributed by atoms with Gasteiger partial charge in [0.25, 0.3) is 5.91 Å².